The van der Waals surface area contributed by atoms with E-state index in [1.165, 1.54) is 14.1 Å². The van der Waals surface area contributed by atoms with Gasteiger partial charge in [-0.05, 0) is 11.6 Å². The first-order valence-electron chi connectivity index (χ1n) is 7.81. The first-order chi connectivity index (χ1) is 11.4. The van der Waals surface area contributed by atoms with Crippen molar-refractivity contribution in [2.24, 2.45) is 0 Å². The third-order valence-corrected chi connectivity index (χ3v) is 5.71. The highest BCUT2D eigenvalue weighted by molar-refractivity contribution is 7.89. The van der Waals surface area contributed by atoms with Gasteiger partial charge in [-0.3, -0.25) is 14.7 Å². The van der Waals surface area contributed by atoms with Gasteiger partial charge < -0.3 is 10.1 Å². The number of hydrogen-bond donors (Lipinski definition) is 1. The van der Waals surface area contributed by atoms with Gasteiger partial charge in [0, 0.05) is 46.1 Å². The zero-order chi connectivity index (χ0) is 17.6. The molecular weight excluding hydrogens is 332 g/mol. The van der Waals surface area contributed by atoms with Crippen molar-refractivity contribution in [3.8, 4) is 0 Å². The molecule has 9 heteroatoms. The maximum absolute atomic E-state index is 12.7. The molecule has 0 aliphatic carbocycles. The largest absolute Gasteiger partial charge is 0.379 e. The molecule has 24 heavy (non-hydrogen) atoms. The summed E-state index contributed by atoms with van der Waals surface area (Å²) in [6.45, 7) is 2.49. The summed E-state index contributed by atoms with van der Waals surface area (Å²) in [5.41, 5.74) is 0.785. The van der Waals surface area contributed by atoms with Crippen LogP contribution in [0, 0.1) is 0 Å². The van der Waals surface area contributed by atoms with Crippen LogP contribution in [0.5, 0.6) is 0 Å². The summed E-state index contributed by atoms with van der Waals surface area (Å²) >= 11 is 0. The zero-order valence-electron chi connectivity index (χ0n) is 14.0. The van der Waals surface area contributed by atoms with Crippen molar-refractivity contribution in [3.63, 3.8) is 0 Å². The highest BCUT2D eigenvalue weighted by Crippen LogP contribution is 2.21. The summed E-state index contributed by atoms with van der Waals surface area (Å²) in [6, 6.07) is 3.14. The highest BCUT2D eigenvalue weighted by atomic mass is 32.2. The number of carbonyl (C=O) groups is 1. The van der Waals surface area contributed by atoms with Gasteiger partial charge >= 0.3 is 0 Å². The lowest BCUT2D eigenvalue weighted by Gasteiger charge is -2.33. The Balaban J connectivity index is 2.05. The van der Waals surface area contributed by atoms with Crippen LogP contribution < -0.4 is 5.32 Å². The Morgan fingerprint density at radius 1 is 1.42 bits per heavy atom. The van der Waals surface area contributed by atoms with Crippen LogP contribution in [0.4, 0.5) is 0 Å². The number of sulfonamides is 1. The minimum Gasteiger partial charge on any atom is -0.379 e. The van der Waals surface area contributed by atoms with Crippen molar-refractivity contribution in [1.82, 2.24) is 19.5 Å². The Morgan fingerprint density at radius 2 is 2.12 bits per heavy atom. The Kier molecular flexibility index (Phi) is 6.67. The summed E-state index contributed by atoms with van der Waals surface area (Å²) in [4.78, 5) is 18.8. The molecule has 0 bridgehead atoms. The minimum absolute atomic E-state index is 0.0699. The summed E-state index contributed by atoms with van der Waals surface area (Å²) < 4.78 is 30.1. The van der Waals surface area contributed by atoms with Gasteiger partial charge in [-0.1, -0.05) is 6.07 Å². The molecular formula is C15H24N4O4S. The van der Waals surface area contributed by atoms with Crippen LogP contribution in [0.1, 0.15) is 11.6 Å². The summed E-state index contributed by atoms with van der Waals surface area (Å²) in [7, 11) is -0.385. The minimum atomic E-state index is -3.34. The molecule has 2 heterocycles. The van der Waals surface area contributed by atoms with Crippen LogP contribution in [0.25, 0.3) is 0 Å². The predicted molar refractivity (Wildman–Crippen MR) is 89.9 cm³/mol. The van der Waals surface area contributed by atoms with Gasteiger partial charge in [-0.15, -0.1) is 0 Å². The van der Waals surface area contributed by atoms with Crippen LogP contribution in [0.3, 0.4) is 0 Å². The lowest BCUT2D eigenvalue weighted by molar-refractivity contribution is -0.128. The molecule has 2 rings (SSSR count). The number of carbonyl (C=O) groups excluding carboxylic acids is 1. The molecule has 0 saturated carbocycles. The molecule has 1 aromatic heterocycles. The van der Waals surface area contributed by atoms with Gasteiger partial charge in [0.15, 0.2) is 0 Å². The fourth-order valence-corrected chi connectivity index (χ4v) is 3.21. The maximum Gasteiger partial charge on any atom is 0.242 e. The Bertz CT molecular complexity index is 630. The number of amides is 1. The van der Waals surface area contributed by atoms with Crippen molar-refractivity contribution >= 4 is 15.9 Å². The lowest BCUT2D eigenvalue weighted by atomic mass is 10.1. The van der Waals surface area contributed by atoms with Gasteiger partial charge in [0.1, 0.15) is 6.04 Å². The van der Waals surface area contributed by atoms with Gasteiger partial charge in [-0.25, -0.2) is 12.7 Å². The van der Waals surface area contributed by atoms with E-state index in [0.29, 0.717) is 26.3 Å². The average Bonchev–Trinajstić information content (AvgIpc) is 2.57. The van der Waals surface area contributed by atoms with Crippen LogP contribution in [0.15, 0.2) is 24.5 Å². The molecule has 1 amide bonds. The van der Waals surface area contributed by atoms with Gasteiger partial charge in [0.2, 0.25) is 15.9 Å². The second-order valence-electron chi connectivity index (χ2n) is 5.73. The molecule has 0 aromatic carbocycles. The summed E-state index contributed by atoms with van der Waals surface area (Å²) in [5.74, 6) is -0.354. The molecule has 1 aromatic rings. The molecule has 1 atom stereocenters. The monoisotopic (exact) mass is 356 g/mol. The zero-order valence-corrected chi connectivity index (χ0v) is 14.8. The van der Waals surface area contributed by atoms with Crippen LogP contribution in [-0.4, -0.2) is 81.2 Å². The smallest absolute Gasteiger partial charge is 0.242 e. The number of hydrogen-bond acceptors (Lipinski definition) is 6. The standard InChI is InChI=1S/C15H24N4O4S/c1-18(2)24(21,22)11-6-17-15(20)14(13-4-3-5-16-12-13)19-7-9-23-10-8-19/h3-5,12,14H,6-11H2,1-2H3,(H,17,20)/t14-/m1/s1. The first kappa shape index (κ1) is 18.8. The summed E-state index contributed by atoms with van der Waals surface area (Å²) in [5, 5.41) is 2.73. The topological polar surface area (TPSA) is 91.8 Å². The molecule has 0 spiro atoms. The number of morpholine rings is 1. The molecule has 8 nitrogen and oxygen atoms in total. The van der Waals surface area contributed by atoms with E-state index in [9.17, 15) is 13.2 Å². The normalized spacial score (nSPS) is 17.6. The van der Waals surface area contributed by atoms with E-state index in [4.69, 9.17) is 4.74 Å². The van der Waals surface area contributed by atoms with E-state index in [2.05, 4.69) is 10.3 Å². The van der Waals surface area contributed by atoms with Crippen molar-refractivity contribution in [3.05, 3.63) is 30.1 Å². The van der Waals surface area contributed by atoms with E-state index < -0.39 is 16.1 Å². The molecule has 1 aliphatic heterocycles. The van der Waals surface area contributed by atoms with E-state index in [0.717, 1.165) is 9.87 Å². The predicted octanol–water partition coefficient (Wildman–Crippen LogP) is -0.537. The highest BCUT2D eigenvalue weighted by Gasteiger charge is 2.29. The Morgan fingerprint density at radius 3 is 2.71 bits per heavy atom. The Labute approximate surface area is 142 Å². The second-order valence-corrected chi connectivity index (χ2v) is 8.03. The molecule has 134 valence electrons. The molecule has 0 unspecified atom stereocenters. The number of rotatable bonds is 7. The van der Waals surface area contributed by atoms with Crippen molar-refractivity contribution in [2.45, 2.75) is 6.04 Å². The number of ether oxygens (including phenoxy) is 1. The van der Waals surface area contributed by atoms with E-state index in [-0.39, 0.29) is 18.2 Å². The third-order valence-electron chi connectivity index (χ3n) is 3.87. The molecule has 1 aliphatic rings. The number of nitrogens with one attached hydrogen (secondary N) is 1. The fourth-order valence-electron chi connectivity index (χ4n) is 2.48. The van der Waals surface area contributed by atoms with Crippen LogP contribution >= 0.6 is 0 Å². The van der Waals surface area contributed by atoms with Gasteiger partial charge in [0.05, 0.1) is 19.0 Å². The van der Waals surface area contributed by atoms with Crippen molar-refractivity contribution < 1.29 is 17.9 Å². The first-order valence-corrected chi connectivity index (χ1v) is 9.42. The average molecular weight is 356 g/mol. The van der Waals surface area contributed by atoms with E-state index in [1.807, 2.05) is 11.0 Å². The van der Waals surface area contributed by atoms with Gasteiger partial charge in [0.25, 0.3) is 0 Å². The van der Waals surface area contributed by atoms with Gasteiger partial charge in [-0.2, -0.15) is 0 Å². The molecule has 1 saturated heterocycles. The van der Waals surface area contributed by atoms with Crippen molar-refractivity contribution in [2.75, 3.05) is 52.7 Å². The van der Waals surface area contributed by atoms with Crippen molar-refractivity contribution in [1.29, 1.82) is 0 Å². The van der Waals surface area contributed by atoms with Crippen LogP contribution in [-0.2, 0) is 19.6 Å². The quantitative estimate of drug-likeness (QED) is 0.706. The Hall–Kier alpha value is -1.55. The number of pyridine rings is 1. The van der Waals surface area contributed by atoms with E-state index in [1.54, 1.807) is 18.5 Å². The molecule has 1 fully saturated rings. The maximum atomic E-state index is 12.7. The third kappa shape index (κ3) is 4.97. The van der Waals surface area contributed by atoms with Crippen LogP contribution in [0.2, 0.25) is 0 Å². The lowest BCUT2D eigenvalue weighted by Crippen LogP contribution is -2.46. The molecule has 0 radical (unpaired) electrons. The summed E-state index contributed by atoms with van der Waals surface area (Å²) in [6.07, 6.45) is 3.32. The molecule has 1 N–H and O–H groups in total. The number of nitrogens with zero attached hydrogens (tertiary/aromatic N) is 3. The fraction of sp³-hybridized carbons (Fsp3) is 0.600. The number of aromatic nitrogens is 1. The van der Waals surface area contributed by atoms with E-state index >= 15 is 0 Å². The second kappa shape index (κ2) is 8.52. The SMILES string of the molecule is CN(C)S(=O)(=O)CCNC(=O)[C@@H](c1cccnc1)N1CCOCC1.